The molecule has 0 fully saturated rings. The SMILES string of the molecule is CC(C)C(=O)Oc1cc2c(c(OC(=O)C(C)C)c1)C(=O)O[C@H](C)CCCCCCC2. The minimum atomic E-state index is -0.508. The number of aryl methyl sites for hydroxylation is 1. The monoisotopic (exact) mass is 418 g/mol. The van der Waals surface area contributed by atoms with Crippen molar-refractivity contribution in [3.05, 3.63) is 23.3 Å². The van der Waals surface area contributed by atoms with Crippen molar-refractivity contribution >= 4 is 17.9 Å². The number of rotatable bonds is 4. The van der Waals surface area contributed by atoms with E-state index < -0.39 is 11.9 Å². The number of hydrogen-bond donors (Lipinski definition) is 0. The van der Waals surface area contributed by atoms with E-state index in [2.05, 4.69) is 0 Å². The van der Waals surface area contributed by atoms with Crippen LogP contribution in [0.4, 0.5) is 0 Å². The molecule has 0 bridgehead atoms. The number of carbonyl (C=O) groups excluding carboxylic acids is 3. The van der Waals surface area contributed by atoms with Gasteiger partial charge in [-0.3, -0.25) is 9.59 Å². The summed E-state index contributed by atoms with van der Waals surface area (Å²) in [4.78, 5) is 37.4. The maximum Gasteiger partial charge on any atom is 0.342 e. The molecule has 0 radical (unpaired) electrons. The quantitative estimate of drug-likeness (QED) is 0.491. The van der Waals surface area contributed by atoms with Crippen molar-refractivity contribution in [1.29, 1.82) is 0 Å². The molecule has 0 amide bonds. The van der Waals surface area contributed by atoms with E-state index >= 15 is 0 Å². The summed E-state index contributed by atoms with van der Waals surface area (Å²) in [6.07, 6.45) is 6.35. The van der Waals surface area contributed by atoms with Crippen LogP contribution in [0.2, 0.25) is 0 Å². The molecule has 0 aromatic heterocycles. The van der Waals surface area contributed by atoms with Gasteiger partial charge in [0.25, 0.3) is 0 Å². The summed E-state index contributed by atoms with van der Waals surface area (Å²) in [7, 11) is 0. The van der Waals surface area contributed by atoms with Gasteiger partial charge in [-0.25, -0.2) is 4.79 Å². The Bertz CT molecular complexity index is 765. The summed E-state index contributed by atoms with van der Waals surface area (Å²) >= 11 is 0. The van der Waals surface area contributed by atoms with Crippen molar-refractivity contribution in [2.45, 2.75) is 85.7 Å². The lowest BCUT2D eigenvalue weighted by Crippen LogP contribution is -2.22. The Kier molecular flexibility index (Phi) is 8.88. The van der Waals surface area contributed by atoms with Gasteiger partial charge in [-0.15, -0.1) is 0 Å². The van der Waals surface area contributed by atoms with Gasteiger partial charge in [-0.1, -0.05) is 47.0 Å². The molecule has 0 saturated heterocycles. The molecule has 1 atom stereocenters. The minimum Gasteiger partial charge on any atom is -0.459 e. The predicted octanol–water partition coefficient (Wildman–Crippen LogP) is 5.25. The van der Waals surface area contributed by atoms with E-state index in [-0.39, 0.29) is 41.0 Å². The number of hydrogen-bond acceptors (Lipinski definition) is 6. The lowest BCUT2D eigenvalue weighted by atomic mass is 9.98. The van der Waals surface area contributed by atoms with Gasteiger partial charge in [0.15, 0.2) is 0 Å². The summed E-state index contributed by atoms with van der Waals surface area (Å²) in [6, 6.07) is 3.14. The zero-order valence-corrected chi connectivity index (χ0v) is 18.8. The summed E-state index contributed by atoms with van der Waals surface area (Å²) in [5.74, 6) is -1.68. The molecule has 0 saturated carbocycles. The van der Waals surface area contributed by atoms with Gasteiger partial charge in [0.2, 0.25) is 0 Å². The van der Waals surface area contributed by atoms with Gasteiger partial charge in [-0.05, 0) is 44.2 Å². The van der Waals surface area contributed by atoms with E-state index in [1.807, 2.05) is 6.92 Å². The lowest BCUT2D eigenvalue weighted by Gasteiger charge is -2.20. The molecular weight excluding hydrogens is 384 g/mol. The fourth-order valence-electron chi connectivity index (χ4n) is 3.25. The Balaban J connectivity index is 2.51. The first kappa shape index (κ1) is 23.9. The molecule has 6 heteroatoms. The highest BCUT2D eigenvalue weighted by atomic mass is 16.6. The molecule has 166 valence electrons. The van der Waals surface area contributed by atoms with Crippen LogP contribution in [0.25, 0.3) is 0 Å². The van der Waals surface area contributed by atoms with E-state index in [1.165, 1.54) is 6.07 Å². The van der Waals surface area contributed by atoms with Crippen LogP contribution in [0.15, 0.2) is 12.1 Å². The highest BCUT2D eigenvalue weighted by molar-refractivity contribution is 5.96. The molecular formula is C24H34O6. The van der Waals surface area contributed by atoms with Crippen LogP contribution in [-0.2, 0) is 20.7 Å². The third kappa shape index (κ3) is 6.85. The summed E-state index contributed by atoms with van der Waals surface area (Å²) in [6.45, 7) is 8.81. The number of fused-ring (bicyclic) bond motifs is 1. The van der Waals surface area contributed by atoms with Crippen LogP contribution in [0.1, 0.15) is 89.1 Å². The molecule has 1 aliphatic heterocycles. The molecule has 1 aliphatic rings. The van der Waals surface area contributed by atoms with Crippen LogP contribution in [0.5, 0.6) is 11.5 Å². The first-order chi connectivity index (χ1) is 14.2. The van der Waals surface area contributed by atoms with Gasteiger partial charge < -0.3 is 14.2 Å². The molecule has 1 aromatic carbocycles. The van der Waals surface area contributed by atoms with E-state index in [0.717, 1.165) is 38.5 Å². The highest BCUT2D eigenvalue weighted by Crippen LogP contribution is 2.33. The highest BCUT2D eigenvalue weighted by Gasteiger charge is 2.26. The van der Waals surface area contributed by atoms with E-state index in [4.69, 9.17) is 14.2 Å². The van der Waals surface area contributed by atoms with Crippen molar-refractivity contribution in [2.24, 2.45) is 11.8 Å². The van der Waals surface area contributed by atoms with Crippen LogP contribution in [-0.4, -0.2) is 24.0 Å². The largest absolute Gasteiger partial charge is 0.459 e. The first-order valence-electron chi connectivity index (χ1n) is 11.0. The van der Waals surface area contributed by atoms with Crippen molar-refractivity contribution in [1.82, 2.24) is 0 Å². The Labute approximate surface area is 179 Å². The Morgan fingerprint density at radius 1 is 0.933 bits per heavy atom. The summed E-state index contributed by atoms with van der Waals surface area (Å²) in [5, 5.41) is 0. The minimum absolute atomic E-state index is 0.0898. The fraction of sp³-hybridized carbons (Fsp3) is 0.625. The number of esters is 3. The molecule has 0 spiro atoms. The normalized spacial score (nSPS) is 18.1. The van der Waals surface area contributed by atoms with Gasteiger partial charge in [0, 0.05) is 6.07 Å². The second kappa shape index (κ2) is 11.1. The predicted molar refractivity (Wildman–Crippen MR) is 114 cm³/mol. The lowest BCUT2D eigenvalue weighted by molar-refractivity contribution is -0.138. The molecule has 30 heavy (non-hydrogen) atoms. The van der Waals surface area contributed by atoms with Gasteiger partial charge in [0.1, 0.15) is 17.1 Å². The molecule has 1 aromatic rings. The third-order valence-electron chi connectivity index (χ3n) is 5.10. The van der Waals surface area contributed by atoms with Crippen molar-refractivity contribution in [2.75, 3.05) is 0 Å². The van der Waals surface area contributed by atoms with Crippen LogP contribution in [0, 0.1) is 11.8 Å². The van der Waals surface area contributed by atoms with Crippen molar-refractivity contribution < 1.29 is 28.6 Å². The maximum atomic E-state index is 13.0. The third-order valence-corrected chi connectivity index (χ3v) is 5.10. The Hall–Kier alpha value is -2.37. The van der Waals surface area contributed by atoms with Crippen molar-refractivity contribution in [3.63, 3.8) is 0 Å². The molecule has 0 unspecified atom stereocenters. The topological polar surface area (TPSA) is 78.9 Å². The number of carbonyl (C=O) groups is 3. The molecule has 2 rings (SSSR count). The standard InChI is InChI=1S/C24H34O6/c1-15(2)22(25)29-19-13-18-12-10-8-6-7-9-11-17(5)28-24(27)21(18)20(14-19)30-23(26)16(3)4/h13-17H,6-12H2,1-5H3/t17-/m1/s1. The summed E-state index contributed by atoms with van der Waals surface area (Å²) in [5.41, 5.74) is 0.925. The average Bonchev–Trinajstić information content (AvgIpc) is 2.65. The number of benzene rings is 1. The molecule has 1 heterocycles. The zero-order chi connectivity index (χ0) is 22.3. The fourth-order valence-corrected chi connectivity index (χ4v) is 3.25. The van der Waals surface area contributed by atoms with Crippen LogP contribution in [0.3, 0.4) is 0 Å². The second-order valence-corrected chi connectivity index (χ2v) is 8.63. The van der Waals surface area contributed by atoms with Gasteiger partial charge in [0.05, 0.1) is 17.9 Å². The smallest absolute Gasteiger partial charge is 0.342 e. The van der Waals surface area contributed by atoms with Gasteiger partial charge >= 0.3 is 17.9 Å². The van der Waals surface area contributed by atoms with Gasteiger partial charge in [-0.2, -0.15) is 0 Å². The van der Waals surface area contributed by atoms with Crippen LogP contribution < -0.4 is 9.47 Å². The molecule has 6 nitrogen and oxygen atoms in total. The van der Waals surface area contributed by atoms with E-state index in [1.54, 1.807) is 33.8 Å². The van der Waals surface area contributed by atoms with Crippen LogP contribution >= 0.6 is 0 Å². The van der Waals surface area contributed by atoms with E-state index in [9.17, 15) is 14.4 Å². The maximum absolute atomic E-state index is 13.0. The Morgan fingerprint density at radius 2 is 1.53 bits per heavy atom. The number of cyclic esters (lactones) is 1. The van der Waals surface area contributed by atoms with Crippen molar-refractivity contribution in [3.8, 4) is 11.5 Å². The molecule has 0 N–H and O–H groups in total. The average molecular weight is 419 g/mol. The number of ether oxygens (including phenoxy) is 3. The second-order valence-electron chi connectivity index (χ2n) is 8.63. The molecule has 0 aliphatic carbocycles. The van der Waals surface area contributed by atoms with E-state index in [0.29, 0.717) is 12.0 Å². The zero-order valence-electron chi connectivity index (χ0n) is 18.8. The Morgan fingerprint density at radius 3 is 2.20 bits per heavy atom. The first-order valence-corrected chi connectivity index (χ1v) is 11.0. The summed E-state index contributed by atoms with van der Waals surface area (Å²) < 4.78 is 16.7.